The predicted molar refractivity (Wildman–Crippen MR) is 55.5 cm³/mol. The quantitative estimate of drug-likeness (QED) is 0.611. The Kier molecular flexibility index (Phi) is 3.17. The van der Waals surface area contributed by atoms with Crippen LogP contribution < -0.4 is 5.73 Å². The zero-order valence-electron chi connectivity index (χ0n) is 7.10. The van der Waals surface area contributed by atoms with Crippen molar-refractivity contribution in [3.63, 3.8) is 0 Å². The second-order valence-corrected chi connectivity index (χ2v) is 3.44. The molecule has 0 unspecified atom stereocenters. The van der Waals surface area contributed by atoms with Crippen molar-refractivity contribution < 1.29 is 4.79 Å². The van der Waals surface area contributed by atoms with Crippen LogP contribution in [-0.2, 0) is 0 Å². The summed E-state index contributed by atoms with van der Waals surface area (Å²) >= 11 is 11.5. The minimum atomic E-state index is -0.0314. The van der Waals surface area contributed by atoms with Gasteiger partial charge in [-0.3, -0.25) is 4.79 Å². The van der Waals surface area contributed by atoms with Gasteiger partial charge in [0.05, 0.1) is 10.0 Å². The van der Waals surface area contributed by atoms with Crippen LogP contribution in [0.5, 0.6) is 0 Å². The molecule has 0 spiro atoms. The first-order valence-corrected chi connectivity index (χ1v) is 4.59. The van der Waals surface area contributed by atoms with Gasteiger partial charge in [-0.2, -0.15) is 0 Å². The molecule has 0 aliphatic carbocycles. The summed E-state index contributed by atoms with van der Waals surface area (Å²) in [5.74, 6) is -0.0314. The molecule has 0 atom stereocenters. The van der Waals surface area contributed by atoms with Crippen molar-refractivity contribution in [2.45, 2.75) is 13.3 Å². The van der Waals surface area contributed by atoms with Crippen LogP contribution in [0.15, 0.2) is 12.1 Å². The van der Waals surface area contributed by atoms with E-state index in [2.05, 4.69) is 0 Å². The number of rotatable bonds is 2. The summed E-state index contributed by atoms with van der Waals surface area (Å²) in [6.07, 6.45) is 0.405. The van der Waals surface area contributed by atoms with Gasteiger partial charge < -0.3 is 5.73 Å². The molecular weight excluding hydrogens is 209 g/mol. The number of carbonyl (C=O) groups is 1. The predicted octanol–water partition coefficient (Wildman–Crippen LogP) is 3.17. The fourth-order valence-corrected chi connectivity index (χ4v) is 1.33. The Morgan fingerprint density at radius 1 is 1.38 bits per heavy atom. The van der Waals surface area contributed by atoms with E-state index in [-0.39, 0.29) is 5.78 Å². The van der Waals surface area contributed by atoms with Crippen molar-refractivity contribution >= 4 is 34.7 Å². The van der Waals surface area contributed by atoms with E-state index in [1.165, 1.54) is 12.1 Å². The Hall–Kier alpha value is -0.730. The van der Waals surface area contributed by atoms with Crippen LogP contribution in [0.3, 0.4) is 0 Å². The maximum atomic E-state index is 11.3. The highest BCUT2D eigenvalue weighted by Gasteiger charge is 2.10. The average molecular weight is 218 g/mol. The number of carbonyl (C=O) groups excluding carboxylic acids is 1. The highest BCUT2D eigenvalue weighted by Crippen LogP contribution is 2.27. The van der Waals surface area contributed by atoms with Gasteiger partial charge in [-0.25, -0.2) is 0 Å². The van der Waals surface area contributed by atoms with Crippen molar-refractivity contribution in [3.05, 3.63) is 27.7 Å². The minimum absolute atomic E-state index is 0.0314. The standard InChI is InChI=1S/C9H9Cl2NO/c1-2-9(13)5-3-6(10)7(11)4-8(5)12/h3-4H,2,12H2,1H3. The van der Waals surface area contributed by atoms with Gasteiger partial charge in [0.25, 0.3) is 0 Å². The molecule has 0 amide bonds. The molecule has 0 aromatic heterocycles. The second-order valence-electron chi connectivity index (χ2n) is 2.63. The van der Waals surface area contributed by atoms with Gasteiger partial charge in [0.15, 0.2) is 5.78 Å². The third-order valence-electron chi connectivity index (χ3n) is 1.71. The Bertz CT molecular complexity index is 350. The van der Waals surface area contributed by atoms with E-state index < -0.39 is 0 Å². The first kappa shape index (κ1) is 10.4. The molecule has 4 heteroatoms. The number of nitrogen functional groups attached to an aromatic ring is 1. The summed E-state index contributed by atoms with van der Waals surface area (Å²) in [6.45, 7) is 1.77. The van der Waals surface area contributed by atoms with E-state index in [4.69, 9.17) is 28.9 Å². The number of hydrogen-bond acceptors (Lipinski definition) is 2. The lowest BCUT2D eigenvalue weighted by atomic mass is 10.1. The Labute approximate surface area is 86.6 Å². The number of anilines is 1. The maximum Gasteiger partial charge on any atom is 0.164 e. The fraction of sp³-hybridized carbons (Fsp3) is 0.222. The van der Waals surface area contributed by atoms with Crippen molar-refractivity contribution in [1.29, 1.82) is 0 Å². The van der Waals surface area contributed by atoms with Crippen molar-refractivity contribution in [2.24, 2.45) is 0 Å². The van der Waals surface area contributed by atoms with Gasteiger partial charge in [0.2, 0.25) is 0 Å². The molecule has 0 fully saturated rings. The van der Waals surface area contributed by atoms with Crippen LogP contribution >= 0.6 is 23.2 Å². The van der Waals surface area contributed by atoms with Crippen LogP contribution in [-0.4, -0.2) is 5.78 Å². The number of halogens is 2. The maximum absolute atomic E-state index is 11.3. The summed E-state index contributed by atoms with van der Waals surface area (Å²) in [7, 11) is 0. The first-order chi connectivity index (χ1) is 6.06. The smallest absolute Gasteiger partial charge is 0.164 e. The van der Waals surface area contributed by atoms with Gasteiger partial charge >= 0.3 is 0 Å². The lowest BCUT2D eigenvalue weighted by Gasteiger charge is -2.04. The Balaban J connectivity index is 3.23. The van der Waals surface area contributed by atoms with Gasteiger partial charge in [0.1, 0.15) is 0 Å². The molecule has 1 aromatic carbocycles. The monoisotopic (exact) mass is 217 g/mol. The summed E-state index contributed by atoms with van der Waals surface area (Å²) < 4.78 is 0. The molecule has 2 nitrogen and oxygen atoms in total. The summed E-state index contributed by atoms with van der Waals surface area (Å²) in [6, 6.07) is 3.00. The number of nitrogens with two attached hydrogens (primary N) is 1. The molecule has 0 bridgehead atoms. The summed E-state index contributed by atoms with van der Waals surface area (Å²) in [5.41, 5.74) is 6.42. The molecular formula is C9H9Cl2NO. The zero-order valence-corrected chi connectivity index (χ0v) is 8.62. The molecule has 0 aliphatic rings. The van der Waals surface area contributed by atoms with Gasteiger partial charge in [-0.05, 0) is 12.1 Å². The third kappa shape index (κ3) is 2.14. The normalized spacial score (nSPS) is 10.1. The summed E-state index contributed by atoms with van der Waals surface area (Å²) in [4.78, 5) is 11.3. The topological polar surface area (TPSA) is 43.1 Å². The second kappa shape index (κ2) is 3.99. The van der Waals surface area contributed by atoms with E-state index >= 15 is 0 Å². The van der Waals surface area contributed by atoms with E-state index in [0.717, 1.165) is 0 Å². The first-order valence-electron chi connectivity index (χ1n) is 3.84. The molecule has 1 aromatic rings. The summed E-state index contributed by atoms with van der Waals surface area (Å²) in [5, 5.41) is 0.722. The van der Waals surface area contributed by atoms with Crippen molar-refractivity contribution in [3.8, 4) is 0 Å². The Morgan fingerprint density at radius 2 is 1.92 bits per heavy atom. The highest BCUT2D eigenvalue weighted by molar-refractivity contribution is 6.42. The number of hydrogen-bond donors (Lipinski definition) is 1. The van der Waals surface area contributed by atoms with E-state index in [9.17, 15) is 4.79 Å². The fourth-order valence-electron chi connectivity index (χ4n) is 0.994. The highest BCUT2D eigenvalue weighted by atomic mass is 35.5. The molecule has 2 N–H and O–H groups in total. The molecule has 0 heterocycles. The van der Waals surface area contributed by atoms with Gasteiger partial charge in [-0.15, -0.1) is 0 Å². The average Bonchev–Trinajstić information content (AvgIpc) is 2.10. The van der Waals surface area contributed by atoms with Crippen LogP contribution in [0.4, 0.5) is 5.69 Å². The zero-order chi connectivity index (χ0) is 10.0. The van der Waals surface area contributed by atoms with Crippen LogP contribution in [0, 0.1) is 0 Å². The molecule has 70 valence electrons. The van der Waals surface area contributed by atoms with E-state index in [1.54, 1.807) is 6.92 Å². The number of ketones is 1. The SMILES string of the molecule is CCC(=O)c1cc(Cl)c(Cl)cc1N. The number of Topliss-reactive ketones (excluding diaryl/α,β-unsaturated/α-hetero) is 1. The van der Waals surface area contributed by atoms with Crippen molar-refractivity contribution in [2.75, 3.05) is 5.73 Å². The molecule has 13 heavy (non-hydrogen) atoms. The minimum Gasteiger partial charge on any atom is -0.398 e. The lowest BCUT2D eigenvalue weighted by molar-refractivity contribution is 0.0989. The van der Waals surface area contributed by atoms with Crippen LogP contribution in [0.2, 0.25) is 10.0 Å². The van der Waals surface area contributed by atoms with Crippen molar-refractivity contribution in [1.82, 2.24) is 0 Å². The van der Waals surface area contributed by atoms with Crippen LogP contribution in [0.25, 0.3) is 0 Å². The number of benzene rings is 1. The molecule has 0 radical (unpaired) electrons. The largest absolute Gasteiger partial charge is 0.398 e. The molecule has 0 saturated carbocycles. The van der Waals surface area contributed by atoms with E-state index in [0.29, 0.717) is 27.7 Å². The van der Waals surface area contributed by atoms with E-state index in [1.807, 2.05) is 0 Å². The van der Waals surface area contributed by atoms with Gasteiger partial charge in [-0.1, -0.05) is 30.1 Å². The van der Waals surface area contributed by atoms with Gasteiger partial charge in [0, 0.05) is 17.7 Å². The lowest BCUT2D eigenvalue weighted by Crippen LogP contribution is -2.02. The third-order valence-corrected chi connectivity index (χ3v) is 2.44. The Morgan fingerprint density at radius 3 is 2.46 bits per heavy atom. The molecule has 0 aliphatic heterocycles. The van der Waals surface area contributed by atoms with Crippen LogP contribution in [0.1, 0.15) is 23.7 Å². The molecule has 1 rings (SSSR count). The molecule has 0 saturated heterocycles.